The van der Waals surface area contributed by atoms with Gasteiger partial charge in [0.25, 0.3) is 5.91 Å². The maximum absolute atomic E-state index is 12.7. The summed E-state index contributed by atoms with van der Waals surface area (Å²) in [5.74, 6) is 0.0614. The van der Waals surface area contributed by atoms with E-state index in [1.807, 2.05) is 22.9 Å². The Kier molecular flexibility index (Phi) is 5.53. The fourth-order valence-electron chi connectivity index (χ4n) is 3.88. The third-order valence-electron chi connectivity index (χ3n) is 5.69. The molecule has 33 heavy (non-hydrogen) atoms. The lowest BCUT2D eigenvalue weighted by molar-refractivity contribution is 0.102. The van der Waals surface area contributed by atoms with E-state index in [1.54, 1.807) is 30.9 Å². The second-order valence-electron chi connectivity index (χ2n) is 8.21. The number of amides is 1. The minimum absolute atomic E-state index is 0.286. The zero-order valence-electron chi connectivity index (χ0n) is 17.8. The molecule has 1 amide bonds. The molecular formula is C21H19B3N8O. The summed E-state index contributed by atoms with van der Waals surface area (Å²) in [6.07, 6.45) is 8.63. The Morgan fingerprint density at radius 1 is 1.03 bits per heavy atom. The summed E-state index contributed by atoms with van der Waals surface area (Å²) in [4.78, 5) is 12.7. The minimum Gasteiger partial charge on any atom is -0.317 e. The minimum atomic E-state index is -1.58. The second kappa shape index (κ2) is 8.51. The highest BCUT2D eigenvalue weighted by atomic mass is 16.1. The third-order valence-corrected chi connectivity index (χ3v) is 5.69. The molecule has 9 nitrogen and oxygen atoms in total. The molecule has 0 aliphatic carbocycles. The van der Waals surface area contributed by atoms with Gasteiger partial charge in [0.15, 0.2) is 5.82 Å². The number of aromatic nitrogens is 6. The number of hydrogen-bond donors (Lipinski definition) is 2. The SMILES string of the molecule is [B]C([B])([B])n1cc(-c2ccc3nnc(NC(=O)c4cnn(C5CCNCC5)c4)cc3c2)cn1. The number of piperidine rings is 1. The van der Waals surface area contributed by atoms with Crippen molar-refractivity contribution in [3.8, 4) is 11.1 Å². The van der Waals surface area contributed by atoms with Crippen molar-refractivity contribution < 1.29 is 4.79 Å². The van der Waals surface area contributed by atoms with E-state index in [9.17, 15) is 4.79 Å². The molecule has 2 N–H and O–H groups in total. The van der Waals surface area contributed by atoms with Crippen LogP contribution in [0.5, 0.6) is 0 Å². The van der Waals surface area contributed by atoms with Gasteiger partial charge in [-0.3, -0.25) is 14.2 Å². The first-order valence-corrected chi connectivity index (χ1v) is 10.6. The van der Waals surface area contributed by atoms with E-state index in [0.29, 0.717) is 22.9 Å². The quantitative estimate of drug-likeness (QED) is 0.456. The van der Waals surface area contributed by atoms with Gasteiger partial charge in [0.05, 0.1) is 53.1 Å². The van der Waals surface area contributed by atoms with E-state index < -0.39 is 5.24 Å². The highest BCUT2D eigenvalue weighted by Crippen LogP contribution is 2.25. The molecular weight excluding hydrogens is 413 g/mol. The highest BCUT2D eigenvalue weighted by molar-refractivity contribution is 6.56. The molecule has 1 fully saturated rings. The van der Waals surface area contributed by atoms with Crippen LogP contribution in [0, 0.1) is 0 Å². The van der Waals surface area contributed by atoms with Crippen LogP contribution in [0.25, 0.3) is 22.0 Å². The first-order valence-electron chi connectivity index (χ1n) is 10.6. The van der Waals surface area contributed by atoms with Crippen molar-refractivity contribution in [2.75, 3.05) is 18.4 Å². The van der Waals surface area contributed by atoms with Crippen molar-refractivity contribution in [3.05, 3.63) is 54.6 Å². The topological polar surface area (TPSA) is 103 Å². The van der Waals surface area contributed by atoms with Gasteiger partial charge in [0.1, 0.15) is 0 Å². The fourth-order valence-corrected chi connectivity index (χ4v) is 3.88. The van der Waals surface area contributed by atoms with Crippen molar-refractivity contribution in [2.45, 2.75) is 24.1 Å². The monoisotopic (exact) mass is 432 g/mol. The molecule has 0 unspecified atom stereocenters. The standard InChI is InChI=1S/C21H19B3N8O/c22-21(23,24)32-12-15(9-27-32)13-1-2-18-14(7-13)8-19(30-29-18)28-20(33)16-10-26-31(11-16)17-3-5-25-6-4-17/h1-2,7-12,17,25H,3-6H2,(H,28,30,33). The zero-order valence-corrected chi connectivity index (χ0v) is 17.8. The van der Waals surface area contributed by atoms with E-state index in [0.717, 1.165) is 42.4 Å². The molecule has 4 aromatic rings. The summed E-state index contributed by atoms with van der Waals surface area (Å²) in [7, 11) is 17.1. The molecule has 1 aromatic carbocycles. The predicted molar refractivity (Wildman–Crippen MR) is 127 cm³/mol. The Morgan fingerprint density at radius 2 is 1.85 bits per heavy atom. The Morgan fingerprint density at radius 3 is 2.61 bits per heavy atom. The van der Waals surface area contributed by atoms with Gasteiger partial charge < -0.3 is 10.6 Å². The third kappa shape index (κ3) is 4.56. The van der Waals surface area contributed by atoms with Gasteiger partial charge in [0, 0.05) is 23.3 Å². The van der Waals surface area contributed by atoms with Crippen LogP contribution < -0.4 is 10.6 Å². The molecule has 158 valence electrons. The molecule has 1 aliphatic rings. The number of nitrogens with zero attached hydrogens (tertiary/aromatic N) is 6. The molecule has 0 atom stereocenters. The first kappa shape index (κ1) is 21.5. The largest absolute Gasteiger partial charge is 0.317 e. The van der Waals surface area contributed by atoms with Crippen LogP contribution in [0.15, 0.2) is 49.1 Å². The summed E-state index contributed by atoms with van der Waals surface area (Å²) in [5.41, 5.74) is 2.82. The van der Waals surface area contributed by atoms with E-state index in [2.05, 4.69) is 31.0 Å². The fraction of sp³-hybridized carbons (Fsp3) is 0.286. The van der Waals surface area contributed by atoms with Crippen LogP contribution in [-0.2, 0) is 5.24 Å². The normalized spacial score (nSPS) is 15.0. The Hall–Kier alpha value is -3.40. The highest BCUT2D eigenvalue weighted by Gasteiger charge is 2.18. The summed E-state index contributed by atoms with van der Waals surface area (Å²) in [5, 5.41) is 22.2. The van der Waals surface area contributed by atoms with Crippen molar-refractivity contribution in [3.63, 3.8) is 0 Å². The molecule has 12 heteroatoms. The maximum Gasteiger partial charge on any atom is 0.260 e. The van der Waals surface area contributed by atoms with Gasteiger partial charge >= 0.3 is 0 Å². The number of hydrogen-bond acceptors (Lipinski definition) is 6. The first-order chi connectivity index (χ1) is 15.9. The predicted octanol–water partition coefficient (Wildman–Crippen LogP) is 0.940. The lowest BCUT2D eigenvalue weighted by Gasteiger charge is -2.22. The van der Waals surface area contributed by atoms with Crippen molar-refractivity contribution in [1.29, 1.82) is 0 Å². The summed E-state index contributed by atoms with van der Waals surface area (Å²) in [6, 6.07) is 7.71. The molecule has 0 spiro atoms. The molecule has 0 bridgehead atoms. The van der Waals surface area contributed by atoms with Crippen LogP contribution in [0.2, 0.25) is 0 Å². The maximum atomic E-state index is 12.7. The van der Waals surface area contributed by atoms with Gasteiger partial charge in [-0.15, -0.1) is 10.2 Å². The van der Waals surface area contributed by atoms with Gasteiger partial charge in [-0.05, 0) is 54.9 Å². The Balaban J connectivity index is 1.35. The van der Waals surface area contributed by atoms with Crippen LogP contribution in [0.3, 0.4) is 0 Å². The number of carbonyl (C=O) groups is 1. The number of nitrogens with one attached hydrogen (secondary N) is 2. The molecule has 6 radical (unpaired) electrons. The molecule has 3 aromatic heterocycles. The zero-order chi connectivity index (χ0) is 23.0. The van der Waals surface area contributed by atoms with Crippen molar-refractivity contribution >= 4 is 46.2 Å². The van der Waals surface area contributed by atoms with Crippen LogP contribution >= 0.6 is 0 Å². The van der Waals surface area contributed by atoms with Gasteiger partial charge in [-0.2, -0.15) is 10.2 Å². The molecule has 1 aliphatic heterocycles. The number of benzene rings is 1. The van der Waals surface area contributed by atoms with Gasteiger partial charge in [-0.1, -0.05) is 6.07 Å². The second-order valence-corrected chi connectivity index (χ2v) is 8.21. The number of anilines is 1. The van der Waals surface area contributed by atoms with Crippen molar-refractivity contribution in [1.82, 2.24) is 35.1 Å². The van der Waals surface area contributed by atoms with E-state index in [4.69, 9.17) is 23.5 Å². The number of carbonyl (C=O) groups excluding carboxylic acids is 1. The van der Waals surface area contributed by atoms with Gasteiger partial charge in [0.2, 0.25) is 0 Å². The number of rotatable bonds is 5. The van der Waals surface area contributed by atoms with E-state index >= 15 is 0 Å². The number of fused-ring (bicyclic) bond motifs is 1. The van der Waals surface area contributed by atoms with Crippen LogP contribution in [0.4, 0.5) is 5.82 Å². The van der Waals surface area contributed by atoms with Crippen LogP contribution in [-0.4, -0.2) is 72.3 Å². The lowest BCUT2D eigenvalue weighted by Crippen LogP contribution is -2.35. The Labute approximate surface area is 194 Å². The van der Waals surface area contributed by atoms with Gasteiger partial charge in [-0.25, -0.2) is 0 Å². The summed E-state index contributed by atoms with van der Waals surface area (Å²) < 4.78 is 3.15. The average Bonchev–Trinajstić information content (AvgIpc) is 3.49. The van der Waals surface area contributed by atoms with Crippen molar-refractivity contribution in [2.24, 2.45) is 0 Å². The summed E-state index contributed by atoms with van der Waals surface area (Å²) >= 11 is 0. The smallest absolute Gasteiger partial charge is 0.260 e. The molecule has 0 saturated carbocycles. The average molecular weight is 432 g/mol. The summed E-state index contributed by atoms with van der Waals surface area (Å²) in [6.45, 7) is 1.90. The molecule has 4 heterocycles. The Bertz CT molecular complexity index is 1310. The van der Waals surface area contributed by atoms with Crippen LogP contribution in [0.1, 0.15) is 29.2 Å². The lowest BCUT2D eigenvalue weighted by atomic mass is 9.49. The van der Waals surface area contributed by atoms with E-state index in [-0.39, 0.29) is 5.91 Å². The molecule has 5 rings (SSSR count). The molecule has 1 saturated heterocycles. The van der Waals surface area contributed by atoms with E-state index in [1.165, 1.54) is 4.68 Å².